The van der Waals surface area contributed by atoms with Crippen LogP contribution in [0.5, 0.6) is 0 Å². The molecular formula is C23H40N4O10. The lowest BCUT2D eigenvalue weighted by atomic mass is 10.0. The molecule has 0 aliphatic carbocycles. The molecule has 37 heavy (non-hydrogen) atoms. The van der Waals surface area contributed by atoms with Crippen LogP contribution in [-0.2, 0) is 28.5 Å². The fourth-order valence-electron chi connectivity index (χ4n) is 4.01. The zero-order valence-electron chi connectivity index (χ0n) is 22.5. The number of urea groups is 2. The summed E-state index contributed by atoms with van der Waals surface area (Å²) >= 11 is 0. The van der Waals surface area contributed by atoms with Crippen LogP contribution in [0.15, 0.2) is 0 Å². The first-order valence-corrected chi connectivity index (χ1v) is 12.3. The SMILES string of the molecule is CCOC(O)COCCN1C(=O)N(CN2C(=O)N(CCOCC(O)OCC)C(=O)C2(C)C)C(C)(C)C1=O. The Kier molecular flexibility index (Phi) is 10.8. The third-order valence-electron chi connectivity index (χ3n) is 6.25. The highest BCUT2D eigenvalue weighted by molar-refractivity contribution is 6.08. The molecule has 2 N–H and O–H groups in total. The van der Waals surface area contributed by atoms with Gasteiger partial charge in [0.05, 0.1) is 39.5 Å². The highest BCUT2D eigenvalue weighted by Crippen LogP contribution is 2.33. The van der Waals surface area contributed by atoms with Crippen LogP contribution >= 0.6 is 0 Å². The summed E-state index contributed by atoms with van der Waals surface area (Å²) in [4.78, 5) is 56.9. The summed E-state index contributed by atoms with van der Waals surface area (Å²) in [5, 5.41) is 19.1. The molecule has 2 aliphatic rings. The van der Waals surface area contributed by atoms with Crippen molar-refractivity contribution in [1.29, 1.82) is 0 Å². The van der Waals surface area contributed by atoms with Crippen LogP contribution < -0.4 is 0 Å². The number of aliphatic hydroxyl groups excluding tert-OH is 2. The highest BCUT2D eigenvalue weighted by atomic mass is 16.6. The summed E-state index contributed by atoms with van der Waals surface area (Å²) in [6, 6.07) is -1.24. The van der Waals surface area contributed by atoms with Crippen molar-refractivity contribution in [2.24, 2.45) is 0 Å². The van der Waals surface area contributed by atoms with Gasteiger partial charge in [-0.15, -0.1) is 0 Å². The number of carbonyl (C=O) groups excluding carboxylic acids is 4. The van der Waals surface area contributed by atoms with Gasteiger partial charge in [0.1, 0.15) is 17.7 Å². The predicted molar refractivity (Wildman–Crippen MR) is 128 cm³/mol. The minimum absolute atomic E-state index is 0.00999. The second-order valence-corrected chi connectivity index (χ2v) is 9.56. The van der Waals surface area contributed by atoms with Crippen molar-refractivity contribution in [3.8, 4) is 0 Å². The Balaban J connectivity index is 2.02. The Hall–Kier alpha value is -2.36. The minimum atomic E-state index is -1.27. The van der Waals surface area contributed by atoms with Crippen LogP contribution in [0.4, 0.5) is 9.59 Å². The zero-order valence-corrected chi connectivity index (χ0v) is 22.5. The van der Waals surface area contributed by atoms with Crippen LogP contribution in [-0.4, -0.2) is 137 Å². The van der Waals surface area contributed by atoms with Crippen molar-refractivity contribution in [2.45, 2.75) is 65.2 Å². The number of rotatable bonds is 16. The van der Waals surface area contributed by atoms with Gasteiger partial charge in [-0.2, -0.15) is 0 Å². The summed E-state index contributed by atoms with van der Waals surface area (Å²) in [6.07, 6.45) is -2.21. The number of hydrogen-bond donors (Lipinski definition) is 2. The largest absolute Gasteiger partial charge is 0.374 e. The molecule has 14 heteroatoms. The Morgan fingerprint density at radius 2 is 1.05 bits per heavy atom. The average molecular weight is 533 g/mol. The standard InChI is InChI=1S/C23H40N4O10/c1-7-36-16(28)13-34-11-9-24-18(30)22(3,4)26(20(24)32)15-27-21(33)25(19(31)23(27,5)6)10-12-35-14-17(29)37-8-2/h16-17,28-29H,7-15H2,1-6H3. The van der Waals surface area contributed by atoms with E-state index in [1.54, 1.807) is 41.5 Å². The van der Waals surface area contributed by atoms with Gasteiger partial charge in [-0.05, 0) is 41.5 Å². The molecule has 0 aromatic carbocycles. The summed E-state index contributed by atoms with van der Waals surface area (Å²) < 4.78 is 20.5. The first-order chi connectivity index (χ1) is 17.3. The fraction of sp³-hybridized carbons (Fsp3) is 0.826. The van der Waals surface area contributed by atoms with E-state index in [9.17, 15) is 29.4 Å². The maximum atomic E-state index is 13.2. The van der Waals surface area contributed by atoms with Crippen molar-refractivity contribution < 1.29 is 48.3 Å². The number of nitrogens with zero attached hydrogens (tertiary/aromatic N) is 4. The van der Waals surface area contributed by atoms with Crippen molar-refractivity contribution in [3.63, 3.8) is 0 Å². The summed E-state index contributed by atoms with van der Waals surface area (Å²) in [6.45, 7) is 9.72. The van der Waals surface area contributed by atoms with Crippen LogP contribution in [0.3, 0.4) is 0 Å². The molecule has 0 aromatic rings. The molecule has 2 fully saturated rings. The van der Waals surface area contributed by atoms with Gasteiger partial charge in [0.25, 0.3) is 11.8 Å². The molecule has 212 valence electrons. The van der Waals surface area contributed by atoms with E-state index in [2.05, 4.69) is 0 Å². The molecule has 2 rings (SSSR count). The molecule has 14 nitrogen and oxygen atoms in total. The minimum Gasteiger partial charge on any atom is -0.374 e. The number of imide groups is 2. The van der Waals surface area contributed by atoms with Gasteiger partial charge in [0.15, 0.2) is 12.6 Å². The van der Waals surface area contributed by atoms with Gasteiger partial charge in [0, 0.05) is 13.2 Å². The van der Waals surface area contributed by atoms with E-state index in [0.717, 1.165) is 9.80 Å². The topological polar surface area (TPSA) is 159 Å². The van der Waals surface area contributed by atoms with Gasteiger partial charge >= 0.3 is 12.1 Å². The zero-order chi connectivity index (χ0) is 28.0. The number of aliphatic hydroxyl groups is 2. The monoisotopic (exact) mass is 532 g/mol. The summed E-state index contributed by atoms with van der Waals surface area (Å²) in [7, 11) is 0. The lowest BCUT2D eigenvalue weighted by molar-refractivity contribution is -0.138. The van der Waals surface area contributed by atoms with Gasteiger partial charge in [0.2, 0.25) is 0 Å². The molecule has 2 unspecified atom stereocenters. The van der Waals surface area contributed by atoms with Crippen molar-refractivity contribution in [3.05, 3.63) is 0 Å². The number of ether oxygens (including phenoxy) is 4. The molecular weight excluding hydrogens is 492 g/mol. The molecule has 0 aromatic heterocycles. The van der Waals surface area contributed by atoms with Crippen molar-refractivity contribution >= 4 is 23.9 Å². The number of carbonyl (C=O) groups is 4. The van der Waals surface area contributed by atoms with E-state index in [1.807, 2.05) is 0 Å². The van der Waals surface area contributed by atoms with Crippen LogP contribution in [0.1, 0.15) is 41.5 Å². The third kappa shape index (κ3) is 6.94. The smallest absolute Gasteiger partial charge is 0.329 e. The second-order valence-electron chi connectivity index (χ2n) is 9.56. The van der Waals surface area contributed by atoms with E-state index in [1.165, 1.54) is 9.80 Å². The first-order valence-electron chi connectivity index (χ1n) is 12.3. The van der Waals surface area contributed by atoms with Gasteiger partial charge < -0.3 is 29.2 Å². The van der Waals surface area contributed by atoms with Crippen molar-refractivity contribution in [1.82, 2.24) is 19.6 Å². The fourth-order valence-corrected chi connectivity index (χ4v) is 4.01. The normalized spacial score (nSPS) is 21.0. The molecule has 0 radical (unpaired) electrons. The lowest BCUT2D eigenvalue weighted by Gasteiger charge is -2.36. The molecule has 0 bridgehead atoms. The quantitative estimate of drug-likeness (QED) is 0.154. The maximum Gasteiger partial charge on any atom is 0.329 e. The molecule has 0 spiro atoms. The highest BCUT2D eigenvalue weighted by Gasteiger charge is 2.56. The first kappa shape index (κ1) is 30.9. The van der Waals surface area contributed by atoms with Gasteiger partial charge in [-0.1, -0.05) is 0 Å². The van der Waals surface area contributed by atoms with E-state index >= 15 is 0 Å². The molecule has 2 aliphatic heterocycles. The average Bonchev–Trinajstić information content (AvgIpc) is 3.08. The molecule has 2 atom stereocenters. The Labute approximate surface area is 216 Å². The van der Waals surface area contributed by atoms with E-state index in [0.29, 0.717) is 13.2 Å². The summed E-state index contributed by atoms with van der Waals surface area (Å²) in [5.41, 5.74) is -2.54. The maximum absolute atomic E-state index is 13.2. The number of hydrogen-bond acceptors (Lipinski definition) is 10. The number of amides is 6. The summed E-state index contributed by atoms with van der Waals surface area (Å²) in [5.74, 6) is -0.944. The van der Waals surface area contributed by atoms with Crippen molar-refractivity contribution in [2.75, 3.05) is 59.4 Å². The Morgan fingerprint density at radius 1 is 0.703 bits per heavy atom. The van der Waals surface area contributed by atoms with Gasteiger partial charge in [-0.25, -0.2) is 9.59 Å². The Bertz CT molecular complexity index is 770. The van der Waals surface area contributed by atoms with Crippen LogP contribution in [0.25, 0.3) is 0 Å². The van der Waals surface area contributed by atoms with E-state index < -0.39 is 47.5 Å². The van der Waals surface area contributed by atoms with E-state index in [4.69, 9.17) is 18.9 Å². The van der Waals surface area contributed by atoms with Crippen LogP contribution in [0, 0.1) is 0 Å². The molecule has 6 amide bonds. The van der Waals surface area contributed by atoms with Crippen LogP contribution in [0.2, 0.25) is 0 Å². The van der Waals surface area contributed by atoms with E-state index in [-0.39, 0.29) is 46.2 Å². The van der Waals surface area contributed by atoms with Gasteiger partial charge in [-0.3, -0.25) is 29.2 Å². The Morgan fingerprint density at radius 3 is 1.38 bits per heavy atom. The predicted octanol–water partition coefficient (Wildman–Crippen LogP) is -0.227. The lowest BCUT2D eigenvalue weighted by Crippen LogP contribution is -2.55. The molecule has 2 heterocycles. The second kappa shape index (κ2) is 12.9. The third-order valence-corrected chi connectivity index (χ3v) is 6.25. The molecule has 2 saturated heterocycles. The molecule has 0 saturated carbocycles.